The van der Waals surface area contributed by atoms with Crippen molar-refractivity contribution in [3.63, 3.8) is 0 Å². The zero-order valence-electron chi connectivity index (χ0n) is 23.5. The van der Waals surface area contributed by atoms with Crippen molar-refractivity contribution in [1.29, 1.82) is 0 Å². The third-order valence-corrected chi connectivity index (χ3v) is 7.62. The average Bonchev–Trinajstić information content (AvgIpc) is 2.93. The van der Waals surface area contributed by atoms with E-state index in [0.717, 1.165) is 24.2 Å². The second-order valence-corrected chi connectivity index (χ2v) is 11.4. The average molecular weight is 588 g/mol. The Morgan fingerprint density at radius 3 is 2.45 bits per heavy atom. The summed E-state index contributed by atoms with van der Waals surface area (Å²) in [5, 5.41) is 8.80. The number of unbranched alkanes of at least 4 members (excludes halogenated alkanes) is 8. The maximum Gasteiger partial charge on any atom is 0.472 e. The fourth-order valence-electron chi connectivity index (χ4n) is 4.28. The standard InChI is InChI=1S/C28H46NO10P/c1-2-3-4-5-6-7-8-9-12-18-36-24-14-11-10-13-22(24)15-16-27(30)38-26-21-35-19-17-25(26)39-40(33,34)37-20-23(29)28(31)32/h10-11,13-14,23,25-26H,2-9,12,15-21,29H2,1H3,(H,31,32)(H,33,34)/t23-,25-,26-/m0/s1. The molecule has 0 radical (unpaired) electrons. The van der Waals surface area contributed by atoms with Crippen molar-refractivity contribution in [2.24, 2.45) is 5.73 Å². The van der Waals surface area contributed by atoms with Gasteiger partial charge in [0.1, 0.15) is 17.9 Å². The lowest BCUT2D eigenvalue weighted by atomic mass is 10.1. The molecule has 2 rings (SSSR count). The van der Waals surface area contributed by atoms with Gasteiger partial charge in [-0.2, -0.15) is 0 Å². The number of hydrogen-bond donors (Lipinski definition) is 3. The van der Waals surface area contributed by atoms with Crippen LogP contribution in [0.15, 0.2) is 24.3 Å². The van der Waals surface area contributed by atoms with Crippen molar-refractivity contribution in [2.75, 3.05) is 26.4 Å². The molecule has 1 aromatic carbocycles. The molecule has 1 aromatic rings. The minimum Gasteiger partial charge on any atom is -0.493 e. The van der Waals surface area contributed by atoms with Crippen molar-refractivity contribution in [2.45, 2.75) is 102 Å². The molecule has 0 aliphatic carbocycles. The number of carboxylic acids is 1. The lowest BCUT2D eigenvalue weighted by Crippen LogP contribution is -2.42. The Bertz CT molecular complexity index is 930. The topological polar surface area (TPSA) is 164 Å². The first-order valence-electron chi connectivity index (χ1n) is 14.3. The fourth-order valence-corrected chi connectivity index (χ4v) is 5.27. The van der Waals surface area contributed by atoms with Crippen LogP contribution < -0.4 is 10.5 Å². The van der Waals surface area contributed by atoms with Gasteiger partial charge >= 0.3 is 19.8 Å². The molecule has 4 atom stereocenters. The highest BCUT2D eigenvalue weighted by Crippen LogP contribution is 2.46. The van der Waals surface area contributed by atoms with E-state index in [2.05, 4.69) is 6.92 Å². The lowest BCUT2D eigenvalue weighted by Gasteiger charge is -2.31. The van der Waals surface area contributed by atoms with Crippen LogP contribution in [0.25, 0.3) is 0 Å². The van der Waals surface area contributed by atoms with E-state index in [9.17, 15) is 19.0 Å². The van der Waals surface area contributed by atoms with Gasteiger partial charge in [-0.15, -0.1) is 0 Å². The highest BCUT2D eigenvalue weighted by molar-refractivity contribution is 7.47. The van der Waals surface area contributed by atoms with E-state index in [1.54, 1.807) is 0 Å². The lowest BCUT2D eigenvalue weighted by molar-refractivity contribution is -0.166. The second-order valence-electron chi connectivity index (χ2n) is 10.0. The summed E-state index contributed by atoms with van der Waals surface area (Å²) in [7, 11) is -4.64. The van der Waals surface area contributed by atoms with Crippen molar-refractivity contribution < 1.29 is 47.4 Å². The van der Waals surface area contributed by atoms with Crippen LogP contribution in [0.4, 0.5) is 0 Å². The molecular formula is C28H46NO10P. The molecule has 1 saturated heterocycles. The second kappa shape index (κ2) is 19.2. The van der Waals surface area contributed by atoms with Crippen molar-refractivity contribution in [1.82, 2.24) is 0 Å². The molecule has 1 fully saturated rings. The number of carboxylic acid groups (broad SMARTS) is 1. The van der Waals surface area contributed by atoms with Gasteiger partial charge in [0, 0.05) is 19.4 Å². The summed E-state index contributed by atoms with van der Waals surface area (Å²) in [5.41, 5.74) is 6.19. The van der Waals surface area contributed by atoms with Crippen LogP contribution in [-0.2, 0) is 39.1 Å². The minimum absolute atomic E-state index is 0.0104. The highest BCUT2D eigenvalue weighted by Gasteiger charge is 2.37. The number of ether oxygens (including phenoxy) is 3. The van der Waals surface area contributed by atoms with Gasteiger partial charge in [0.25, 0.3) is 0 Å². The monoisotopic (exact) mass is 587 g/mol. The summed E-state index contributed by atoms with van der Waals surface area (Å²) in [5.74, 6) is -1.15. The molecule has 12 heteroatoms. The normalized spacial score (nSPS) is 19.5. The molecule has 1 unspecified atom stereocenters. The van der Waals surface area contributed by atoms with Crippen LogP contribution in [-0.4, -0.2) is 66.6 Å². The van der Waals surface area contributed by atoms with Crippen LogP contribution in [0.1, 0.15) is 83.1 Å². The predicted molar refractivity (Wildman–Crippen MR) is 149 cm³/mol. The quantitative estimate of drug-likeness (QED) is 0.103. The van der Waals surface area contributed by atoms with Crippen LogP contribution >= 0.6 is 7.82 Å². The Kier molecular flexibility index (Phi) is 16.4. The molecule has 1 heterocycles. The molecule has 0 spiro atoms. The maximum absolute atomic E-state index is 12.6. The first-order valence-corrected chi connectivity index (χ1v) is 15.8. The number of esters is 1. The van der Waals surface area contributed by atoms with Gasteiger partial charge in [-0.25, -0.2) is 4.57 Å². The van der Waals surface area contributed by atoms with E-state index in [4.69, 9.17) is 34.1 Å². The number of carbonyl (C=O) groups excluding carboxylic acids is 1. The summed E-state index contributed by atoms with van der Waals surface area (Å²) in [6.07, 6.45) is 9.92. The number of benzene rings is 1. The number of phosphoric acid groups is 1. The Morgan fingerprint density at radius 2 is 1.75 bits per heavy atom. The number of rotatable bonds is 21. The molecule has 4 N–H and O–H groups in total. The smallest absolute Gasteiger partial charge is 0.472 e. The largest absolute Gasteiger partial charge is 0.493 e. The number of carbonyl (C=O) groups is 2. The third-order valence-electron chi connectivity index (χ3n) is 6.61. The van der Waals surface area contributed by atoms with Gasteiger partial charge in [-0.3, -0.25) is 18.6 Å². The molecule has 0 saturated carbocycles. The van der Waals surface area contributed by atoms with E-state index in [-0.39, 0.29) is 26.1 Å². The van der Waals surface area contributed by atoms with Crippen LogP contribution in [0.2, 0.25) is 0 Å². The van der Waals surface area contributed by atoms with Crippen LogP contribution in [0.3, 0.4) is 0 Å². The molecule has 40 heavy (non-hydrogen) atoms. The summed E-state index contributed by atoms with van der Waals surface area (Å²) in [6, 6.07) is 6.11. The third kappa shape index (κ3) is 14.1. The van der Waals surface area contributed by atoms with Gasteiger partial charge in [-0.05, 0) is 24.5 Å². The number of para-hydroxylation sites is 1. The maximum atomic E-state index is 12.6. The molecule has 228 valence electrons. The number of hydrogen-bond acceptors (Lipinski definition) is 9. The van der Waals surface area contributed by atoms with E-state index in [0.29, 0.717) is 13.0 Å². The van der Waals surface area contributed by atoms with Gasteiger partial charge in [0.15, 0.2) is 6.10 Å². The molecule has 0 amide bonds. The first kappa shape index (κ1) is 34.2. The number of nitrogens with two attached hydrogens (primary N) is 1. The van der Waals surface area contributed by atoms with Crippen molar-refractivity contribution in [3.8, 4) is 5.75 Å². The zero-order valence-corrected chi connectivity index (χ0v) is 24.4. The predicted octanol–water partition coefficient (Wildman–Crippen LogP) is 4.78. The van der Waals surface area contributed by atoms with Gasteiger partial charge in [0.2, 0.25) is 0 Å². The highest BCUT2D eigenvalue weighted by atomic mass is 31.2. The first-order chi connectivity index (χ1) is 19.2. The molecule has 0 bridgehead atoms. The number of aliphatic carboxylic acids is 1. The Balaban J connectivity index is 1.74. The Morgan fingerprint density at radius 1 is 1.07 bits per heavy atom. The van der Waals surface area contributed by atoms with E-state index < -0.39 is 44.6 Å². The summed E-state index contributed by atoms with van der Waals surface area (Å²) < 4.78 is 39.0. The molecule has 0 aromatic heterocycles. The van der Waals surface area contributed by atoms with Gasteiger partial charge in [-0.1, -0.05) is 76.5 Å². The van der Waals surface area contributed by atoms with Crippen molar-refractivity contribution in [3.05, 3.63) is 29.8 Å². The summed E-state index contributed by atoms with van der Waals surface area (Å²) in [4.78, 5) is 33.4. The SMILES string of the molecule is CCCCCCCCCCCOc1ccccc1CCC(=O)O[C@H]1COCC[C@@H]1OP(=O)(O)OC[C@H](N)C(=O)O. The molecule has 1 aliphatic rings. The fraction of sp³-hybridized carbons (Fsp3) is 0.714. The Hall–Kier alpha value is -2.01. The minimum atomic E-state index is -4.64. The van der Waals surface area contributed by atoms with E-state index in [1.165, 1.54) is 44.9 Å². The van der Waals surface area contributed by atoms with E-state index in [1.807, 2.05) is 24.3 Å². The van der Waals surface area contributed by atoms with Crippen LogP contribution in [0.5, 0.6) is 5.75 Å². The van der Waals surface area contributed by atoms with Gasteiger partial charge in [0.05, 0.1) is 19.8 Å². The molecule has 1 aliphatic heterocycles. The van der Waals surface area contributed by atoms with Crippen LogP contribution in [0, 0.1) is 0 Å². The van der Waals surface area contributed by atoms with Gasteiger partial charge < -0.3 is 29.9 Å². The summed E-state index contributed by atoms with van der Waals surface area (Å²) >= 11 is 0. The zero-order chi connectivity index (χ0) is 29.2. The molecule has 11 nitrogen and oxygen atoms in total. The number of aryl methyl sites for hydroxylation is 1. The summed E-state index contributed by atoms with van der Waals surface area (Å²) in [6.45, 7) is 2.36. The van der Waals surface area contributed by atoms with E-state index >= 15 is 0 Å². The Labute approximate surface area is 237 Å². The molecular weight excluding hydrogens is 541 g/mol. The number of phosphoric ester groups is 1. The van der Waals surface area contributed by atoms with Crippen molar-refractivity contribution >= 4 is 19.8 Å².